The number of aromatic nitrogens is 2. The van der Waals surface area contributed by atoms with Crippen molar-refractivity contribution in [3.05, 3.63) is 29.7 Å². The highest BCUT2D eigenvalue weighted by Crippen LogP contribution is 2.30. The van der Waals surface area contributed by atoms with Crippen LogP contribution in [0.15, 0.2) is 22.6 Å². The molecule has 1 N–H and O–H groups in total. The lowest BCUT2D eigenvalue weighted by Gasteiger charge is -2.18. The van der Waals surface area contributed by atoms with Crippen molar-refractivity contribution in [2.24, 2.45) is 0 Å². The maximum absolute atomic E-state index is 5.59. The van der Waals surface area contributed by atoms with Crippen molar-refractivity contribution in [1.82, 2.24) is 10.2 Å². The molecule has 1 aromatic carbocycles. The van der Waals surface area contributed by atoms with Crippen LogP contribution in [0.4, 0.5) is 6.01 Å². The normalized spacial score (nSPS) is 13.2. The summed E-state index contributed by atoms with van der Waals surface area (Å²) in [5.74, 6) is 2.23. The van der Waals surface area contributed by atoms with Crippen LogP contribution >= 0.6 is 11.6 Å². The summed E-state index contributed by atoms with van der Waals surface area (Å²) in [5.41, 5.74) is 1.15. The summed E-state index contributed by atoms with van der Waals surface area (Å²) in [4.78, 5) is 0. The zero-order valence-electron chi connectivity index (χ0n) is 10.8. The van der Waals surface area contributed by atoms with E-state index in [9.17, 15) is 0 Å². The molecular formula is C13H14ClN3O3. The van der Waals surface area contributed by atoms with Crippen molar-refractivity contribution in [2.45, 2.75) is 12.3 Å². The van der Waals surface area contributed by atoms with E-state index in [1.807, 2.05) is 18.2 Å². The molecular weight excluding hydrogens is 282 g/mol. The number of nitrogens with one attached hydrogen (secondary N) is 1. The minimum absolute atomic E-state index is 0.219. The lowest BCUT2D eigenvalue weighted by atomic mass is 10.1. The van der Waals surface area contributed by atoms with E-state index in [1.54, 1.807) is 0 Å². The Hall–Kier alpha value is -1.95. The second kappa shape index (κ2) is 6.00. The summed E-state index contributed by atoms with van der Waals surface area (Å²) in [5, 5.41) is 10.7. The van der Waals surface area contributed by atoms with E-state index >= 15 is 0 Å². The fraction of sp³-hybridized carbons (Fsp3) is 0.385. The Labute approximate surface area is 121 Å². The predicted octanol–water partition coefficient (Wildman–Crippen LogP) is 2.23. The zero-order chi connectivity index (χ0) is 13.8. The third-order valence-electron chi connectivity index (χ3n) is 2.88. The van der Waals surface area contributed by atoms with Gasteiger partial charge in [0.25, 0.3) is 0 Å². The Morgan fingerprint density at radius 3 is 2.80 bits per heavy atom. The third kappa shape index (κ3) is 2.96. The van der Waals surface area contributed by atoms with Gasteiger partial charge in [-0.15, -0.1) is 16.7 Å². The summed E-state index contributed by atoms with van der Waals surface area (Å²) in [6.07, 6.45) is 0.815. The standard InChI is InChI=1S/C13H14ClN3O3/c14-8-12-16-17-13(20-12)15-4-3-9-1-2-10-11(7-9)19-6-5-18-10/h1-2,7H,3-6,8H2,(H,15,17). The van der Waals surface area contributed by atoms with Crippen LogP contribution in [0.1, 0.15) is 11.5 Å². The molecule has 1 aliphatic rings. The van der Waals surface area contributed by atoms with Gasteiger partial charge in [0.05, 0.1) is 0 Å². The van der Waals surface area contributed by atoms with Gasteiger partial charge in [-0.3, -0.25) is 0 Å². The minimum atomic E-state index is 0.219. The molecule has 0 fully saturated rings. The number of anilines is 1. The van der Waals surface area contributed by atoms with Crippen LogP contribution < -0.4 is 14.8 Å². The number of hydrogen-bond donors (Lipinski definition) is 1. The first-order valence-corrected chi connectivity index (χ1v) is 6.89. The molecule has 0 saturated heterocycles. The number of fused-ring (bicyclic) bond motifs is 1. The van der Waals surface area contributed by atoms with Gasteiger partial charge in [-0.2, -0.15) is 0 Å². The minimum Gasteiger partial charge on any atom is -0.486 e. The first-order chi connectivity index (χ1) is 9.85. The largest absolute Gasteiger partial charge is 0.486 e. The molecule has 0 amide bonds. The van der Waals surface area contributed by atoms with Crippen LogP contribution in [0.5, 0.6) is 11.5 Å². The summed E-state index contributed by atoms with van der Waals surface area (Å²) in [7, 11) is 0. The fourth-order valence-electron chi connectivity index (χ4n) is 1.94. The van der Waals surface area contributed by atoms with Crippen molar-refractivity contribution in [3.8, 4) is 11.5 Å². The van der Waals surface area contributed by atoms with Crippen LogP contribution in [-0.2, 0) is 12.3 Å². The lowest BCUT2D eigenvalue weighted by Crippen LogP contribution is -2.15. The maximum Gasteiger partial charge on any atom is 0.315 e. The monoisotopic (exact) mass is 295 g/mol. The predicted molar refractivity (Wildman–Crippen MR) is 73.5 cm³/mol. The number of ether oxygens (including phenoxy) is 2. The van der Waals surface area contributed by atoms with E-state index in [0.717, 1.165) is 23.5 Å². The smallest absolute Gasteiger partial charge is 0.315 e. The van der Waals surface area contributed by atoms with Crippen molar-refractivity contribution < 1.29 is 13.9 Å². The molecule has 0 aliphatic carbocycles. The molecule has 1 aromatic heterocycles. The number of halogens is 1. The average Bonchev–Trinajstić information content (AvgIpc) is 2.95. The first kappa shape index (κ1) is 13.1. The quantitative estimate of drug-likeness (QED) is 0.853. The molecule has 0 atom stereocenters. The van der Waals surface area contributed by atoms with Gasteiger partial charge in [0.15, 0.2) is 11.5 Å². The Balaban J connectivity index is 1.55. The summed E-state index contributed by atoms with van der Waals surface area (Å²) in [6, 6.07) is 6.34. The maximum atomic E-state index is 5.59. The molecule has 1 aliphatic heterocycles. The molecule has 0 radical (unpaired) electrons. The Bertz CT molecular complexity index is 588. The van der Waals surface area contributed by atoms with E-state index in [0.29, 0.717) is 31.7 Å². The van der Waals surface area contributed by atoms with Gasteiger partial charge >= 0.3 is 6.01 Å². The van der Waals surface area contributed by atoms with Crippen LogP contribution in [-0.4, -0.2) is 30.0 Å². The Morgan fingerprint density at radius 1 is 1.15 bits per heavy atom. The summed E-state index contributed by atoms with van der Waals surface area (Å²) >= 11 is 5.59. The number of benzene rings is 1. The molecule has 3 rings (SSSR count). The average molecular weight is 296 g/mol. The topological polar surface area (TPSA) is 69.4 Å². The highest BCUT2D eigenvalue weighted by molar-refractivity contribution is 6.16. The van der Waals surface area contributed by atoms with E-state index in [-0.39, 0.29) is 5.88 Å². The van der Waals surface area contributed by atoms with Crippen molar-refractivity contribution >= 4 is 17.6 Å². The molecule has 0 bridgehead atoms. The molecule has 0 unspecified atom stereocenters. The van der Waals surface area contributed by atoms with Gasteiger partial charge in [-0.25, -0.2) is 0 Å². The summed E-state index contributed by atoms with van der Waals surface area (Å²) < 4.78 is 16.3. The Morgan fingerprint density at radius 2 is 2.00 bits per heavy atom. The van der Waals surface area contributed by atoms with Gasteiger partial charge in [0.1, 0.15) is 19.1 Å². The van der Waals surface area contributed by atoms with Crippen LogP contribution in [0, 0.1) is 0 Å². The van der Waals surface area contributed by atoms with Crippen LogP contribution in [0.2, 0.25) is 0 Å². The second-order valence-electron chi connectivity index (χ2n) is 4.29. The molecule has 2 aromatic rings. The SMILES string of the molecule is ClCc1nnc(NCCc2ccc3c(c2)OCCO3)o1. The van der Waals surface area contributed by atoms with E-state index in [1.165, 1.54) is 0 Å². The molecule has 0 saturated carbocycles. The van der Waals surface area contributed by atoms with Gasteiger partial charge in [-0.05, 0) is 24.1 Å². The van der Waals surface area contributed by atoms with Gasteiger partial charge in [0.2, 0.25) is 5.89 Å². The van der Waals surface area contributed by atoms with Gasteiger partial charge in [-0.1, -0.05) is 11.2 Å². The van der Waals surface area contributed by atoms with Crippen molar-refractivity contribution in [3.63, 3.8) is 0 Å². The number of rotatable bonds is 5. The van der Waals surface area contributed by atoms with Crippen molar-refractivity contribution in [2.75, 3.05) is 25.1 Å². The second-order valence-corrected chi connectivity index (χ2v) is 4.56. The van der Waals surface area contributed by atoms with Gasteiger partial charge < -0.3 is 19.2 Å². The summed E-state index contributed by atoms with van der Waals surface area (Å²) in [6.45, 7) is 1.88. The van der Waals surface area contributed by atoms with Crippen LogP contribution in [0.3, 0.4) is 0 Å². The number of alkyl halides is 1. The lowest BCUT2D eigenvalue weighted by molar-refractivity contribution is 0.171. The molecule has 20 heavy (non-hydrogen) atoms. The molecule has 7 heteroatoms. The van der Waals surface area contributed by atoms with E-state index < -0.39 is 0 Å². The highest BCUT2D eigenvalue weighted by Gasteiger charge is 2.11. The van der Waals surface area contributed by atoms with Crippen LogP contribution in [0.25, 0.3) is 0 Å². The van der Waals surface area contributed by atoms with Gasteiger partial charge in [0, 0.05) is 6.54 Å². The zero-order valence-corrected chi connectivity index (χ0v) is 11.5. The number of hydrogen-bond acceptors (Lipinski definition) is 6. The molecule has 2 heterocycles. The Kier molecular flexibility index (Phi) is 3.92. The van der Waals surface area contributed by atoms with E-state index in [2.05, 4.69) is 15.5 Å². The molecule has 0 spiro atoms. The van der Waals surface area contributed by atoms with E-state index in [4.69, 9.17) is 25.5 Å². The highest BCUT2D eigenvalue weighted by atomic mass is 35.5. The molecule has 6 nitrogen and oxygen atoms in total. The third-order valence-corrected chi connectivity index (χ3v) is 3.11. The first-order valence-electron chi connectivity index (χ1n) is 6.36. The molecule has 106 valence electrons. The van der Waals surface area contributed by atoms with Crippen molar-refractivity contribution in [1.29, 1.82) is 0 Å². The number of nitrogens with zero attached hydrogens (tertiary/aromatic N) is 2. The fourth-order valence-corrected chi connectivity index (χ4v) is 2.04.